The van der Waals surface area contributed by atoms with E-state index in [1.807, 2.05) is 14.1 Å². The molecule has 3 unspecified atom stereocenters. The Hall–Kier alpha value is -3.12. The fourth-order valence-corrected chi connectivity index (χ4v) is 6.46. The van der Waals surface area contributed by atoms with Crippen LogP contribution in [0.25, 0.3) is 5.57 Å². The van der Waals surface area contributed by atoms with Gasteiger partial charge < -0.3 is 20.4 Å². The van der Waals surface area contributed by atoms with E-state index < -0.39 is 0 Å². The van der Waals surface area contributed by atoms with Crippen LogP contribution in [0.2, 0.25) is 0 Å². The molecule has 4 aliphatic rings. The first-order chi connectivity index (χ1) is 18.7. The molecule has 2 aliphatic heterocycles. The number of amides is 1. The van der Waals surface area contributed by atoms with Gasteiger partial charge in [-0.25, -0.2) is 4.99 Å². The van der Waals surface area contributed by atoms with E-state index in [4.69, 9.17) is 10.7 Å². The van der Waals surface area contributed by atoms with Gasteiger partial charge in [-0.2, -0.15) is 0 Å². The molecule has 0 bridgehead atoms. The lowest BCUT2D eigenvalue weighted by Gasteiger charge is -2.35. The predicted molar refractivity (Wildman–Crippen MR) is 161 cm³/mol. The van der Waals surface area contributed by atoms with Crippen molar-refractivity contribution in [2.24, 2.45) is 34.4 Å². The summed E-state index contributed by atoms with van der Waals surface area (Å²) in [6.45, 7) is 8.76. The van der Waals surface area contributed by atoms with Crippen LogP contribution in [-0.2, 0) is 17.6 Å². The Morgan fingerprint density at radius 3 is 2.59 bits per heavy atom. The third-order valence-corrected chi connectivity index (χ3v) is 8.91. The first-order valence-corrected chi connectivity index (χ1v) is 14.6. The summed E-state index contributed by atoms with van der Waals surface area (Å²) >= 11 is 0. The molecule has 39 heavy (non-hydrogen) atoms. The molecule has 5 rings (SSSR count). The molecule has 6 nitrogen and oxygen atoms in total. The van der Waals surface area contributed by atoms with Crippen molar-refractivity contribution in [1.29, 1.82) is 0 Å². The number of aliphatic imine (C=N–C) groups is 1. The maximum atomic E-state index is 12.8. The first-order valence-electron chi connectivity index (χ1n) is 14.6. The van der Waals surface area contributed by atoms with Gasteiger partial charge >= 0.3 is 0 Å². The van der Waals surface area contributed by atoms with Gasteiger partial charge in [0.2, 0.25) is 5.91 Å². The molecule has 4 atom stereocenters. The maximum Gasteiger partial charge on any atom is 0.229 e. The monoisotopic (exact) mass is 527 g/mol. The average molecular weight is 528 g/mol. The fourth-order valence-electron chi connectivity index (χ4n) is 6.46. The van der Waals surface area contributed by atoms with Gasteiger partial charge in [0.25, 0.3) is 0 Å². The zero-order valence-electron chi connectivity index (χ0n) is 24.4. The van der Waals surface area contributed by atoms with Crippen molar-refractivity contribution in [3.63, 3.8) is 0 Å². The van der Waals surface area contributed by atoms with Crippen LogP contribution in [-0.4, -0.2) is 73.6 Å². The quantitative estimate of drug-likeness (QED) is 0.586. The minimum Gasteiger partial charge on any atom is -0.384 e. The minimum absolute atomic E-state index is 0.125. The number of allylic oxidation sites excluding steroid dienone is 5. The van der Waals surface area contributed by atoms with Crippen LogP contribution in [0, 0.1) is 23.7 Å². The molecular formula is C33H45N5O. The van der Waals surface area contributed by atoms with E-state index >= 15 is 0 Å². The van der Waals surface area contributed by atoms with Gasteiger partial charge in [0, 0.05) is 64.0 Å². The number of nitrogens with two attached hydrogens (primary N) is 1. The van der Waals surface area contributed by atoms with E-state index in [1.165, 1.54) is 22.4 Å². The topological polar surface area (TPSA) is 65.2 Å². The Bertz CT molecular complexity index is 1240. The highest BCUT2D eigenvalue weighted by Gasteiger charge is 2.29. The number of carbonyl (C=O) groups excluding carboxylic acids is 1. The molecule has 208 valence electrons. The van der Waals surface area contributed by atoms with Gasteiger partial charge in [-0.3, -0.25) is 4.79 Å². The molecule has 2 heterocycles. The van der Waals surface area contributed by atoms with Gasteiger partial charge in [-0.1, -0.05) is 50.3 Å². The first kappa shape index (κ1) is 27.4. The second-order valence-corrected chi connectivity index (χ2v) is 12.3. The van der Waals surface area contributed by atoms with Crippen molar-refractivity contribution >= 4 is 17.2 Å². The third-order valence-electron chi connectivity index (χ3n) is 8.91. The van der Waals surface area contributed by atoms with Crippen LogP contribution in [0.15, 0.2) is 65.1 Å². The van der Waals surface area contributed by atoms with Crippen molar-refractivity contribution in [2.45, 2.75) is 39.5 Å². The van der Waals surface area contributed by atoms with Gasteiger partial charge in [0.15, 0.2) is 0 Å². The smallest absolute Gasteiger partial charge is 0.229 e. The van der Waals surface area contributed by atoms with Gasteiger partial charge in [0.1, 0.15) is 5.82 Å². The second-order valence-electron chi connectivity index (χ2n) is 12.3. The maximum absolute atomic E-state index is 12.8. The fraction of sp³-hybridized carbons (Fsp3) is 0.515. The lowest BCUT2D eigenvalue weighted by atomic mass is 9.83. The summed E-state index contributed by atoms with van der Waals surface area (Å²) < 4.78 is 0. The number of rotatable bonds is 4. The summed E-state index contributed by atoms with van der Waals surface area (Å²) in [4.78, 5) is 24.4. The van der Waals surface area contributed by atoms with Gasteiger partial charge in [-0.05, 0) is 72.6 Å². The molecule has 6 heteroatoms. The van der Waals surface area contributed by atoms with E-state index in [1.54, 1.807) is 4.90 Å². The second kappa shape index (κ2) is 11.5. The highest BCUT2D eigenvalue weighted by Crippen LogP contribution is 2.35. The van der Waals surface area contributed by atoms with E-state index in [0.717, 1.165) is 63.1 Å². The number of hydrogen-bond donors (Lipinski definition) is 1. The molecule has 0 radical (unpaired) electrons. The van der Waals surface area contributed by atoms with Crippen molar-refractivity contribution < 1.29 is 4.79 Å². The van der Waals surface area contributed by atoms with Crippen LogP contribution in [0.1, 0.15) is 43.4 Å². The standard InChI is InChI=1S/C33H45N5O/c1-22-16-24-8-9-25(26-7-6-23(2)30(20-26)33(39)36(3)4)18-27(24)19-28(17-22)31-21-29(10-11-32(34)35-31)38-14-12-37(5)13-15-38/h6-9,11,18,20-23,28,30H,10,12-17,19,34H2,1-5H3/t22?,23-,28?,30?/m1/s1. The normalized spacial score (nSPS) is 27.9. The zero-order valence-corrected chi connectivity index (χ0v) is 24.4. The zero-order chi connectivity index (χ0) is 27.7. The third kappa shape index (κ3) is 6.22. The van der Waals surface area contributed by atoms with Crippen LogP contribution in [0.3, 0.4) is 0 Å². The number of likely N-dealkylation sites (N-methyl/N-ethyl adjacent to an activating group) is 1. The number of fused-ring (bicyclic) bond motifs is 1. The van der Waals surface area contributed by atoms with E-state index in [0.29, 0.717) is 17.7 Å². The molecule has 1 amide bonds. The summed E-state index contributed by atoms with van der Waals surface area (Å²) in [5.74, 6) is 1.76. The molecule has 2 aliphatic carbocycles. The molecule has 0 spiro atoms. The molecule has 1 fully saturated rings. The summed E-state index contributed by atoms with van der Waals surface area (Å²) in [6.07, 6.45) is 14.9. The van der Waals surface area contributed by atoms with Crippen LogP contribution in [0.4, 0.5) is 0 Å². The Morgan fingerprint density at radius 1 is 1.08 bits per heavy atom. The summed E-state index contributed by atoms with van der Waals surface area (Å²) in [5.41, 5.74) is 14.0. The predicted octanol–water partition coefficient (Wildman–Crippen LogP) is 4.50. The van der Waals surface area contributed by atoms with Crippen LogP contribution >= 0.6 is 0 Å². The van der Waals surface area contributed by atoms with E-state index in [-0.39, 0.29) is 17.7 Å². The van der Waals surface area contributed by atoms with Gasteiger partial charge in [0.05, 0.1) is 5.92 Å². The van der Waals surface area contributed by atoms with Crippen LogP contribution in [0.5, 0.6) is 0 Å². The SMILES string of the molecule is CC1Cc2ccc(C3=CC(C(=O)N(C)C)[C@H](C)C=C3)cc2CC(C2=NC(N)=CCC(N3CCN(C)CC3)=C2)C1. The molecule has 1 saturated heterocycles. The Kier molecular flexibility index (Phi) is 8.13. The minimum atomic E-state index is -0.125. The Balaban J connectivity index is 1.44. The van der Waals surface area contributed by atoms with Crippen molar-refractivity contribution in [1.82, 2.24) is 14.7 Å². The average Bonchev–Trinajstić information content (AvgIpc) is 3.21. The Labute approximate surface area is 234 Å². The highest BCUT2D eigenvalue weighted by atomic mass is 16.2. The number of benzene rings is 1. The summed E-state index contributed by atoms with van der Waals surface area (Å²) in [5, 5.41) is 0. The highest BCUT2D eigenvalue weighted by molar-refractivity contribution is 5.98. The largest absolute Gasteiger partial charge is 0.384 e. The summed E-state index contributed by atoms with van der Waals surface area (Å²) in [6, 6.07) is 6.92. The summed E-state index contributed by atoms with van der Waals surface area (Å²) in [7, 11) is 5.88. The van der Waals surface area contributed by atoms with Gasteiger partial charge in [-0.15, -0.1) is 0 Å². The lowest BCUT2D eigenvalue weighted by molar-refractivity contribution is -0.132. The van der Waals surface area contributed by atoms with Crippen molar-refractivity contribution in [3.05, 3.63) is 76.8 Å². The Morgan fingerprint density at radius 2 is 1.85 bits per heavy atom. The number of nitrogens with zero attached hydrogens (tertiary/aromatic N) is 4. The number of hydrogen-bond acceptors (Lipinski definition) is 5. The lowest BCUT2D eigenvalue weighted by Crippen LogP contribution is -2.44. The molecule has 0 aromatic heterocycles. The molecule has 1 aromatic carbocycles. The van der Waals surface area contributed by atoms with E-state index in [2.05, 4.69) is 79.3 Å². The number of carbonyl (C=O) groups is 1. The van der Waals surface area contributed by atoms with Crippen LogP contribution < -0.4 is 5.73 Å². The van der Waals surface area contributed by atoms with Crippen molar-refractivity contribution in [2.75, 3.05) is 47.3 Å². The number of piperazine rings is 1. The molecular weight excluding hydrogens is 482 g/mol. The molecule has 2 N–H and O–H groups in total. The molecule has 1 aromatic rings. The van der Waals surface area contributed by atoms with Crippen molar-refractivity contribution in [3.8, 4) is 0 Å². The van der Waals surface area contributed by atoms with E-state index in [9.17, 15) is 4.79 Å². The molecule has 0 saturated carbocycles.